The number of fused-ring (bicyclic) bond motifs is 2. The molecule has 56 heavy (non-hydrogen) atoms. The number of thioether (sulfide) groups is 1. The van der Waals surface area contributed by atoms with Gasteiger partial charge in [-0.2, -0.15) is 0 Å². The summed E-state index contributed by atoms with van der Waals surface area (Å²) in [6, 6.07) is 33.0. The lowest BCUT2D eigenvalue weighted by atomic mass is 9.56. The van der Waals surface area contributed by atoms with Crippen LogP contribution in [-0.2, 0) is 22.8 Å². The van der Waals surface area contributed by atoms with E-state index in [2.05, 4.69) is 30.9 Å². The molecule has 0 spiro atoms. The van der Waals surface area contributed by atoms with Crippen LogP contribution in [0.5, 0.6) is 11.5 Å². The summed E-state index contributed by atoms with van der Waals surface area (Å²) >= 11 is 1.73. The molecular weight excluding hydrogens is 726 g/mol. The zero-order valence-electron chi connectivity index (χ0n) is 31.8. The molecule has 7 nitrogen and oxygen atoms in total. The third-order valence-corrected chi connectivity index (χ3v) is 12.6. The van der Waals surface area contributed by atoms with Gasteiger partial charge in [0.2, 0.25) is 5.79 Å². The summed E-state index contributed by atoms with van der Waals surface area (Å²) in [4.78, 5) is 7.28. The predicted octanol–water partition coefficient (Wildman–Crippen LogP) is 10.0. The lowest BCUT2D eigenvalue weighted by Gasteiger charge is -2.58. The van der Waals surface area contributed by atoms with Crippen molar-refractivity contribution >= 4 is 17.5 Å². The number of nitrogens with zero attached hydrogens (tertiary/aromatic N) is 1. The first-order valence-corrected chi connectivity index (χ1v) is 20.7. The maximum absolute atomic E-state index is 14.7. The fourth-order valence-corrected chi connectivity index (χ4v) is 10.0. The second-order valence-corrected chi connectivity index (χ2v) is 16.1. The molecule has 1 fully saturated rings. The molecular formula is C47H52FNO6S. The van der Waals surface area contributed by atoms with Crippen LogP contribution in [0.15, 0.2) is 137 Å². The molecule has 7 rings (SSSR count). The van der Waals surface area contributed by atoms with E-state index < -0.39 is 5.79 Å². The van der Waals surface area contributed by atoms with Gasteiger partial charge in [0.15, 0.2) is 0 Å². The van der Waals surface area contributed by atoms with Gasteiger partial charge >= 0.3 is 0 Å². The van der Waals surface area contributed by atoms with Crippen LogP contribution < -0.4 is 9.47 Å². The van der Waals surface area contributed by atoms with E-state index >= 15 is 0 Å². The molecule has 3 aliphatic rings. The molecule has 9 heteroatoms. The van der Waals surface area contributed by atoms with Crippen LogP contribution in [0, 0.1) is 23.6 Å². The Morgan fingerprint density at radius 2 is 1.61 bits per heavy atom. The molecule has 0 bridgehead atoms. The van der Waals surface area contributed by atoms with Gasteiger partial charge in [0, 0.05) is 41.6 Å². The first kappa shape index (κ1) is 39.8. The number of aliphatic hydroxyl groups is 2. The van der Waals surface area contributed by atoms with Crippen molar-refractivity contribution in [1.29, 1.82) is 0 Å². The molecule has 1 saturated carbocycles. The van der Waals surface area contributed by atoms with E-state index in [0.717, 1.165) is 58.7 Å². The average Bonchev–Trinajstić information content (AvgIpc) is 3.22. The molecule has 0 amide bonds. The summed E-state index contributed by atoms with van der Waals surface area (Å²) in [6.07, 6.45) is 9.62. The first-order chi connectivity index (χ1) is 27.5. The number of oxime groups is 1. The summed E-state index contributed by atoms with van der Waals surface area (Å²) in [7, 11) is 0. The van der Waals surface area contributed by atoms with Crippen molar-refractivity contribution in [1.82, 2.24) is 0 Å². The zero-order valence-corrected chi connectivity index (χ0v) is 32.6. The largest absolute Gasteiger partial charge is 0.489 e. The highest BCUT2D eigenvalue weighted by molar-refractivity contribution is 8.00. The van der Waals surface area contributed by atoms with E-state index in [1.54, 1.807) is 30.0 Å². The summed E-state index contributed by atoms with van der Waals surface area (Å²) in [6.45, 7) is 5.02. The minimum absolute atomic E-state index is 0.0862. The molecule has 1 heterocycles. The molecule has 0 unspecified atom stereocenters. The highest BCUT2D eigenvalue weighted by atomic mass is 32.2. The Morgan fingerprint density at radius 1 is 0.875 bits per heavy atom. The lowest BCUT2D eigenvalue weighted by molar-refractivity contribution is -0.223. The number of hydrogen-bond acceptors (Lipinski definition) is 8. The minimum Gasteiger partial charge on any atom is -0.489 e. The Labute approximate surface area is 334 Å². The molecule has 4 aromatic rings. The van der Waals surface area contributed by atoms with E-state index in [1.165, 1.54) is 6.07 Å². The Kier molecular flexibility index (Phi) is 13.6. The van der Waals surface area contributed by atoms with E-state index in [9.17, 15) is 14.6 Å². The van der Waals surface area contributed by atoms with E-state index in [4.69, 9.17) is 24.2 Å². The third-order valence-electron chi connectivity index (χ3n) is 11.2. The lowest BCUT2D eigenvalue weighted by Crippen LogP contribution is -2.64. The Morgan fingerprint density at radius 3 is 2.36 bits per heavy atom. The smallest absolute Gasteiger partial charge is 0.231 e. The summed E-state index contributed by atoms with van der Waals surface area (Å²) in [5.41, 5.74) is 4.47. The van der Waals surface area contributed by atoms with Gasteiger partial charge in [-0.15, -0.1) is 18.3 Å². The van der Waals surface area contributed by atoms with Gasteiger partial charge in [-0.25, -0.2) is 4.39 Å². The zero-order chi connectivity index (χ0) is 38.7. The number of benzene rings is 4. The van der Waals surface area contributed by atoms with Gasteiger partial charge in [-0.05, 0) is 85.1 Å². The normalized spacial score (nSPS) is 24.4. The number of halogens is 1. The number of rotatable bonds is 19. The van der Waals surface area contributed by atoms with Crippen molar-refractivity contribution in [2.24, 2.45) is 22.9 Å². The van der Waals surface area contributed by atoms with E-state index in [1.807, 2.05) is 66.7 Å². The fourth-order valence-electron chi connectivity index (χ4n) is 8.71. The summed E-state index contributed by atoms with van der Waals surface area (Å²) < 4.78 is 35.3. The highest BCUT2D eigenvalue weighted by Crippen LogP contribution is 2.63. The highest BCUT2D eigenvalue weighted by Gasteiger charge is 2.64. The maximum Gasteiger partial charge on any atom is 0.231 e. The van der Waals surface area contributed by atoms with Crippen molar-refractivity contribution in [2.75, 3.05) is 19.8 Å². The maximum atomic E-state index is 14.7. The van der Waals surface area contributed by atoms with Gasteiger partial charge in [-0.3, -0.25) is 0 Å². The van der Waals surface area contributed by atoms with Crippen LogP contribution in [-0.4, -0.2) is 46.8 Å². The number of unbranched alkanes of at least 4 members (excludes halogenated alkanes) is 2. The standard InChI is InChI=1S/C47H52FNO6S/c1-2-27-53-47-44(56-37-19-7-4-8-20-37)30-42(49-54-31-33-15-5-3-6-16-33)39-28-34(17-11-13-25-50)38(21-12-14-26-51)45(46(39)47)40-29-36(23-24-43(40)55-47)52-32-35-18-9-10-22-41(35)48/h2-10,15-16,18-20,22-24,28-29,34,38,44-46,50-51H,1,11-14,17,21,25-27,30-32H2/t34-,38+,44-,45+,46+,47+/m0/s1. The van der Waals surface area contributed by atoms with Crippen molar-refractivity contribution in [3.05, 3.63) is 150 Å². The second kappa shape index (κ2) is 19.2. The summed E-state index contributed by atoms with van der Waals surface area (Å²) in [5.74, 6) is -0.107. The molecule has 2 aliphatic carbocycles. The number of ether oxygens (including phenoxy) is 3. The van der Waals surface area contributed by atoms with Crippen molar-refractivity contribution in [2.45, 2.75) is 80.0 Å². The van der Waals surface area contributed by atoms with Gasteiger partial charge in [0.05, 0.1) is 23.5 Å². The predicted molar refractivity (Wildman–Crippen MR) is 219 cm³/mol. The van der Waals surface area contributed by atoms with Crippen LogP contribution in [0.3, 0.4) is 0 Å². The first-order valence-electron chi connectivity index (χ1n) is 19.9. The van der Waals surface area contributed by atoms with Crippen molar-refractivity contribution < 1.29 is 33.7 Å². The average molecular weight is 778 g/mol. The van der Waals surface area contributed by atoms with Crippen LogP contribution in [0.2, 0.25) is 0 Å². The topological polar surface area (TPSA) is 89.7 Å². The van der Waals surface area contributed by atoms with Gasteiger partial charge in [0.1, 0.15) is 30.5 Å². The molecule has 4 aromatic carbocycles. The minimum atomic E-state index is -1.10. The van der Waals surface area contributed by atoms with E-state index in [-0.39, 0.29) is 61.2 Å². The Hall–Kier alpha value is -4.41. The van der Waals surface area contributed by atoms with Gasteiger partial charge in [0.25, 0.3) is 0 Å². The van der Waals surface area contributed by atoms with Crippen molar-refractivity contribution in [3.8, 4) is 11.5 Å². The van der Waals surface area contributed by atoms with Crippen LogP contribution >= 0.6 is 11.8 Å². The van der Waals surface area contributed by atoms with Gasteiger partial charge in [-0.1, -0.05) is 96.9 Å². The fraction of sp³-hybridized carbons (Fsp3) is 0.383. The number of aliphatic hydroxyl groups excluding tert-OH is 2. The molecule has 6 atom stereocenters. The van der Waals surface area contributed by atoms with Gasteiger partial charge < -0.3 is 29.3 Å². The quantitative estimate of drug-likeness (QED) is 0.0557. The summed E-state index contributed by atoms with van der Waals surface area (Å²) in [5, 5.41) is 24.4. The Bertz CT molecular complexity index is 1960. The number of hydrogen-bond donors (Lipinski definition) is 2. The molecule has 0 radical (unpaired) electrons. The Balaban J connectivity index is 1.38. The second-order valence-electron chi connectivity index (χ2n) is 14.8. The molecule has 0 saturated heterocycles. The molecule has 2 N–H and O–H groups in total. The molecule has 1 aliphatic heterocycles. The molecule has 294 valence electrons. The monoisotopic (exact) mass is 777 g/mol. The van der Waals surface area contributed by atoms with Crippen molar-refractivity contribution in [3.63, 3.8) is 0 Å². The van der Waals surface area contributed by atoms with E-state index in [0.29, 0.717) is 37.2 Å². The van der Waals surface area contributed by atoms with Crippen LogP contribution in [0.4, 0.5) is 4.39 Å². The SMILES string of the molecule is C=CCO[C@@]12Oc3ccc(OCc4ccccc4F)cc3[C@H]3[C@H](CCCCO)[C@@H](CCCCO)C=C(C(=NOCc4ccccc4)C[C@@H]1Sc1ccccc1)[C@H]32. The third kappa shape index (κ3) is 8.92. The van der Waals surface area contributed by atoms with Crippen LogP contribution in [0.1, 0.15) is 67.6 Å². The van der Waals surface area contributed by atoms with Crippen LogP contribution in [0.25, 0.3) is 0 Å². The molecule has 0 aromatic heterocycles. The number of allylic oxidation sites excluding steroid dienone is 1.